The zero-order valence-corrected chi connectivity index (χ0v) is 14.9. The molecule has 0 aliphatic heterocycles. The highest BCUT2D eigenvalue weighted by molar-refractivity contribution is 6.23. The first-order valence-corrected chi connectivity index (χ1v) is 8.70. The van der Waals surface area contributed by atoms with E-state index in [0.29, 0.717) is 0 Å². The van der Waals surface area contributed by atoms with Crippen molar-refractivity contribution in [3.8, 4) is 5.75 Å². The Balaban J connectivity index is 2.03. The quantitative estimate of drug-likeness (QED) is 0.353. The van der Waals surface area contributed by atoms with Gasteiger partial charge >= 0.3 is 0 Å². The van der Waals surface area contributed by atoms with E-state index in [1.54, 1.807) is 0 Å². The highest BCUT2D eigenvalue weighted by Crippen LogP contribution is 2.54. The molecule has 0 aromatic heterocycles. The number of nitrogens with two attached hydrogens (primary N) is 1. The topological polar surface area (TPSA) is 178 Å². The number of rotatable bonds is 1. The Labute approximate surface area is 163 Å². The summed E-state index contributed by atoms with van der Waals surface area (Å²) in [7, 11) is 0. The zero-order valence-electron chi connectivity index (χ0n) is 14.9. The summed E-state index contributed by atoms with van der Waals surface area (Å²) in [6.45, 7) is 3.86. The molecule has 1 fully saturated rings. The van der Waals surface area contributed by atoms with Gasteiger partial charge in [-0.3, -0.25) is 14.4 Å². The maximum atomic E-state index is 13.3. The minimum atomic E-state index is -2.85. The van der Waals surface area contributed by atoms with Crippen LogP contribution in [0.1, 0.15) is 17.5 Å². The van der Waals surface area contributed by atoms with E-state index in [1.807, 2.05) is 0 Å². The molecular weight excluding hydrogens is 382 g/mol. The summed E-state index contributed by atoms with van der Waals surface area (Å²) in [6.07, 6.45) is -2.24. The normalized spacial score (nSPS) is 31.4. The molecular formula is C20H17NO8. The van der Waals surface area contributed by atoms with E-state index in [1.165, 1.54) is 18.2 Å². The highest BCUT2D eigenvalue weighted by atomic mass is 16.4. The van der Waals surface area contributed by atoms with Crippen molar-refractivity contribution < 1.29 is 39.9 Å². The second kappa shape index (κ2) is 5.79. The molecule has 0 heterocycles. The maximum Gasteiger partial charge on any atom is 0.255 e. The van der Waals surface area contributed by atoms with Gasteiger partial charge in [0.25, 0.3) is 5.91 Å². The van der Waals surface area contributed by atoms with Gasteiger partial charge in [0.05, 0.1) is 17.2 Å². The largest absolute Gasteiger partial charge is 0.508 e. The van der Waals surface area contributed by atoms with Gasteiger partial charge in [0.15, 0.2) is 11.4 Å². The monoisotopic (exact) mass is 399 g/mol. The van der Waals surface area contributed by atoms with Gasteiger partial charge in [-0.25, -0.2) is 0 Å². The van der Waals surface area contributed by atoms with Crippen LogP contribution in [0, 0.1) is 11.8 Å². The first-order chi connectivity index (χ1) is 13.5. The lowest BCUT2D eigenvalue weighted by Gasteiger charge is -2.49. The number of fused-ring (bicyclic) bond motifs is 3. The van der Waals surface area contributed by atoms with E-state index in [9.17, 15) is 39.9 Å². The molecule has 29 heavy (non-hydrogen) atoms. The van der Waals surface area contributed by atoms with E-state index < -0.39 is 70.1 Å². The number of aliphatic hydroxyl groups is 4. The molecule has 9 nitrogen and oxygen atoms in total. The van der Waals surface area contributed by atoms with Crippen LogP contribution in [0.2, 0.25) is 0 Å². The fourth-order valence-corrected chi connectivity index (χ4v) is 4.59. The van der Waals surface area contributed by atoms with Crippen LogP contribution in [0.25, 0.3) is 11.3 Å². The lowest BCUT2D eigenvalue weighted by Crippen LogP contribution is -2.63. The Morgan fingerprint density at radius 3 is 2.48 bits per heavy atom. The molecule has 150 valence electrons. The molecule has 3 aliphatic rings. The number of phenols is 1. The van der Waals surface area contributed by atoms with Crippen molar-refractivity contribution in [3.05, 3.63) is 52.8 Å². The van der Waals surface area contributed by atoms with Crippen LogP contribution in [0.5, 0.6) is 5.75 Å². The third-order valence-electron chi connectivity index (χ3n) is 5.98. The van der Waals surface area contributed by atoms with Crippen LogP contribution < -0.4 is 5.73 Å². The summed E-state index contributed by atoms with van der Waals surface area (Å²) in [6, 6.07) is 4.28. The molecule has 3 aliphatic carbocycles. The van der Waals surface area contributed by atoms with Gasteiger partial charge in [0, 0.05) is 18.3 Å². The van der Waals surface area contributed by atoms with Crippen molar-refractivity contribution in [1.82, 2.24) is 0 Å². The fourth-order valence-electron chi connectivity index (χ4n) is 4.59. The van der Waals surface area contributed by atoms with Crippen molar-refractivity contribution in [1.29, 1.82) is 0 Å². The smallest absolute Gasteiger partial charge is 0.255 e. The molecule has 0 radical (unpaired) electrons. The first kappa shape index (κ1) is 18.9. The second-order valence-electron chi connectivity index (χ2n) is 7.37. The van der Waals surface area contributed by atoms with Crippen LogP contribution >= 0.6 is 0 Å². The average molecular weight is 399 g/mol. The number of amides is 1. The number of aliphatic hydroxyl groups excluding tert-OH is 3. The van der Waals surface area contributed by atoms with E-state index >= 15 is 0 Å². The van der Waals surface area contributed by atoms with E-state index in [0.717, 1.165) is 0 Å². The number of primary amides is 1. The summed E-state index contributed by atoms with van der Waals surface area (Å²) >= 11 is 0. The molecule has 1 saturated carbocycles. The standard InChI is InChI=1S/C20H17NO8/c1-6-7-3-2-4-9(22)12(7)16(25)14-11(6)15(24)8-5-10(23)13(19(21)28)17(26)20(8,29)18(14)27/h2-4,8,11,15,22,24-26,29H,1,5H2,(H2,21,28)/t8-,11-,15-,20-/m1/s1. The van der Waals surface area contributed by atoms with Gasteiger partial charge in [-0.15, -0.1) is 0 Å². The van der Waals surface area contributed by atoms with Crippen molar-refractivity contribution in [3.63, 3.8) is 0 Å². The third-order valence-corrected chi connectivity index (χ3v) is 5.98. The maximum absolute atomic E-state index is 13.3. The lowest BCUT2D eigenvalue weighted by atomic mass is 9.57. The van der Waals surface area contributed by atoms with Crippen molar-refractivity contribution in [2.75, 3.05) is 0 Å². The predicted octanol–water partition coefficient (Wildman–Crippen LogP) is -0.135. The molecule has 7 N–H and O–H groups in total. The Hall–Kier alpha value is -3.43. The number of aromatic hydroxyl groups is 1. The zero-order chi connectivity index (χ0) is 21.4. The fraction of sp³-hybridized carbons (Fsp3) is 0.250. The van der Waals surface area contributed by atoms with Crippen molar-refractivity contribution in [2.45, 2.75) is 18.1 Å². The summed E-state index contributed by atoms with van der Waals surface area (Å²) < 4.78 is 0. The number of ketones is 2. The van der Waals surface area contributed by atoms with E-state index in [-0.39, 0.29) is 22.4 Å². The van der Waals surface area contributed by atoms with E-state index in [2.05, 4.69) is 6.58 Å². The van der Waals surface area contributed by atoms with Gasteiger partial charge in [-0.2, -0.15) is 0 Å². The number of Topliss-reactive ketones (excluding diaryl/α,β-unsaturated/α-hetero) is 2. The van der Waals surface area contributed by atoms with Crippen molar-refractivity contribution >= 4 is 28.8 Å². The molecule has 4 atom stereocenters. The molecule has 1 aromatic carbocycles. The minimum Gasteiger partial charge on any atom is -0.508 e. The van der Waals surface area contributed by atoms with Gasteiger partial charge in [0.1, 0.15) is 22.8 Å². The average Bonchev–Trinajstić information content (AvgIpc) is 2.65. The van der Waals surface area contributed by atoms with Gasteiger partial charge in [-0.05, 0) is 17.2 Å². The molecule has 1 amide bonds. The van der Waals surface area contributed by atoms with Gasteiger partial charge in [0.2, 0.25) is 5.78 Å². The summed E-state index contributed by atoms with van der Waals surface area (Å²) in [5, 5.41) is 53.4. The first-order valence-electron chi connectivity index (χ1n) is 8.70. The summed E-state index contributed by atoms with van der Waals surface area (Å²) in [5.74, 6) is -8.49. The molecule has 0 unspecified atom stereocenters. The van der Waals surface area contributed by atoms with Crippen LogP contribution in [0.3, 0.4) is 0 Å². The lowest BCUT2D eigenvalue weighted by molar-refractivity contribution is -0.157. The van der Waals surface area contributed by atoms with Gasteiger partial charge in [-0.1, -0.05) is 18.7 Å². The number of hydrogen-bond acceptors (Lipinski definition) is 8. The molecule has 9 heteroatoms. The Morgan fingerprint density at radius 2 is 1.86 bits per heavy atom. The summed E-state index contributed by atoms with van der Waals surface area (Å²) in [5.41, 5.74) is 1.19. The number of benzene rings is 1. The summed E-state index contributed by atoms with van der Waals surface area (Å²) in [4.78, 5) is 37.1. The Bertz CT molecular complexity index is 1100. The Kier molecular flexibility index (Phi) is 3.77. The van der Waals surface area contributed by atoms with Gasteiger partial charge < -0.3 is 31.3 Å². The van der Waals surface area contributed by atoms with Crippen LogP contribution in [-0.4, -0.2) is 54.7 Å². The molecule has 0 saturated heterocycles. The predicted molar refractivity (Wildman–Crippen MR) is 98.1 cm³/mol. The molecule has 4 rings (SSSR count). The highest BCUT2D eigenvalue weighted by Gasteiger charge is 2.64. The van der Waals surface area contributed by atoms with Crippen molar-refractivity contribution in [2.24, 2.45) is 17.6 Å². The van der Waals surface area contributed by atoms with E-state index in [4.69, 9.17) is 5.73 Å². The number of phenolic OH excluding ortho intramolecular Hbond substituents is 1. The SMILES string of the molecule is C=C1c2cccc(O)c2C(O)=C2C(=O)[C@]3(O)C(O)=C(C(N)=O)C(=O)C[C@@H]3[C@@H](O)[C@H]12. The molecule has 0 bridgehead atoms. The molecule has 1 aromatic rings. The number of carbonyl (C=O) groups excluding carboxylic acids is 3. The van der Waals surface area contributed by atoms with Crippen LogP contribution in [0.15, 0.2) is 41.7 Å². The second-order valence-corrected chi connectivity index (χ2v) is 7.37. The number of carbonyl (C=O) groups is 3. The minimum absolute atomic E-state index is 0.114. The molecule has 0 spiro atoms. The van der Waals surface area contributed by atoms with Crippen LogP contribution in [0.4, 0.5) is 0 Å². The third kappa shape index (κ3) is 2.13. The number of hydrogen-bond donors (Lipinski definition) is 6. The Morgan fingerprint density at radius 1 is 1.21 bits per heavy atom. The van der Waals surface area contributed by atoms with Crippen LogP contribution in [-0.2, 0) is 14.4 Å².